The van der Waals surface area contributed by atoms with Gasteiger partial charge in [0, 0.05) is 6.42 Å². The van der Waals surface area contributed by atoms with E-state index in [4.69, 9.17) is 15.2 Å². The van der Waals surface area contributed by atoms with Crippen molar-refractivity contribution in [2.24, 2.45) is 0 Å². The molecule has 5 heteroatoms. The lowest BCUT2D eigenvalue weighted by Gasteiger charge is -2.07. The van der Waals surface area contributed by atoms with Crippen molar-refractivity contribution in [2.75, 3.05) is 0 Å². The van der Waals surface area contributed by atoms with Gasteiger partial charge in [-0.1, -0.05) is 24.3 Å². The number of unbranched alkanes of at least 4 members (excludes halogenated alkanes) is 1. The van der Waals surface area contributed by atoms with Crippen LogP contribution >= 0.6 is 0 Å². The molecule has 0 spiro atoms. The van der Waals surface area contributed by atoms with E-state index in [1.54, 1.807) is 12.1 Å². The lowest BCUT2D eigenvalue weighted by molar-refractivity contribution is -0.137. The fourth-order valence-electron chi connectivity index (χ4n) is 1.61. The van der Waals surface area contributed by atoms with Crippen molar-refractivity contribution in [3.8, 4) is 0 Å². The van der Waals surface area contributed by atoms with Crippen LogP contribution in [0.4, 0.5) is 0 Å². The summed E-state index contributed by atoms with van der Waals surface area (Å²) in [6, 6.07) is 7.07. The molecule has 0 aliphatic rings. The summed E-state index contributed by atoms with van der Waals surface area (Å²) >= 11 is 0. The molecule has 3 N–H and O–H groups in total. The van der Waals surface area contributed by atoms with Gasteiger partial charge in [0.15, 0.2) is 0 Å². The molecule has 86 valence electrons. The average molecular weight is 222 g/mol. The molecule has 0 unspecified atom stereocenters. The van der Waals surface area contributed by atoms with Crippen molar-refractivity contribution in [3.63, 3.8) is 0 Å². The number of benzene rings is 1. The first-order valence-corrected chi connectivity index (χ1v) is 5.27. The summed E-state index contributed by atoms with van der Waals surface area (Å²) in [5.41, 5.74) is 1.36. The van der Waals surface area contributed by atoms with Gasteiger partial charge >= 0.3 is 13.1 Å². The predicted octanol–water partition coefficient (Wildman–Crippen LogP) is 0.164. The summed E-state index contributed by atoms with van der Waals surface area (Å²) in [4.78, 5) is 10.3. The molecule has 0 fully saturated rings. The van der Waals surface area contributed by atoms with E-state index in [0.29, 0.717) is 18.3 Å². The second-order valence-corrected chi connectivity index (χ2v) is 3.67. The molecule has 0 saturated carbocycles. The Morgan fingerprint density at radius 1 is 1.19 bits per heavy atom. The summed E-state index contributed by atoms with van der Waals surface area (Å²) in [5.74, 6) is -0.796. The van der Waals surface area contributed by atoms with Gasteiger partial charge in [-0.2, -0.15) is 0 Å². The average Bonchev–Trinajstić information content (AvgIpc) is 2.24. The van der Waals surface area contributed by atoms with Crippen LogP contribution < -0.4 is 5.46 Å². The molecule has 0 heterocycles. The highest BCUT2D eigenvalue weighted by Gasteiger charge is 2.14. The molecule has 0 radical (unpaired) electrons. The largest absolute Gasteiger partial charge is 0.488 e. The van der Waals surface area contributed by atoms with Crippen molar-refractivity contribution in [3.05, 3.63) is 29.8 Å². The fraction of sp³-hybridized carbons (Fsp3) is 0.364. The van der Waals surface area contributed by atoms with Gasteiger partial charge in [-0.15, -0.1) is 0 Å². The molecule has 1 rings (SSSR count). The highest BCUT2D eigenvalue weighted by atomic mass is 16.4. The van der Waals surface area contributed by atoms with E-state index in [2.05, 4.69) is 0 Å². The topological polar surface area (TPSA) is 77.8 Å². The van der Waals surface area contributed by atoms with E-state index >= 15 is 0 Å². The minimum absolute atomic E-state index is 0.157. The molecule has 0 atom stereocenters. The first kappa shape index (κ1) is 12.7. The zero-order valence-corrected chi connectivity index (χ0v) is 8.97. The van der Waals surface area contributed by atoms with E-state index < -0.39 is 13.1 Å². The molecule has 0 aliphatic heterocycles. The fourth-order valence-corrected chi connectivity index (χ4v) is 1.61. The third-order valence-electron chi connectivity index (χ3n) is 2.42. The van der Waals surface area contributed by atoms with Crippen molar-refractivity contribution in [1.29, 1.82) is 0 Å². The number of carbonyl (C=O) groups is 1. The molecule has 0 aromatic heterocycles. The molecular formula is C11H15BO4. The van der Waals surface area contributed by atoms with Crippen LogP contribution in [-0.4, -0.2) is 28.2 Å². The third-order valence-corrected chi connectivity index (χ3v) is 2.42. The Hall–Kier alpha value is -1.33. The molecule has 1 aromatic carbocycles. The smallest absolute Gasteiger partial charge is 0.481 e. The van der Waals surface area contributed by atoms with Gasteiger partial charge in [0.05, 0.1) is 0 Å². The summed E-state index contributed by atoms with van der Waals surface area (Å²) in [6.07, 6.45) is 2.16. The molecule has 0 aliphatic carbocycles. The van der Waals surface area contributed by atoms with E-state index in [1.807, 2.05) is 12.1 Å². The Balaban J connectivity index is 2.50. The Bertz CT molecular complexity index is 352. The summed E-state index contributed by atoms with van der Waals surface area (Å²) in [6.45, 7) is 0. The third kappa shape index (κ3) is 4.04. The SMILES string of the molecule is O=C(O)CCCCc1ccccc1B(O)O. The monoisotopic (exact) mass is 222 g/mol. The lowest BCUT2D eigenvalue weighted by atomic mass is 9.76. The summed E-state index contributed by atoms with van der Waals surface area (Å²) in [7, 11) is -1.46. The predicted molar refractivity (Wildman–Crippen MR) is 61.5 cm³/mol. The van der Waals surface area contributed by atoms with Crippen LogP contribution in [0.15, 0.2) is 24.3 Å². The van der Waals surface area contributed by atoms with Crippen LogP contribution in [0.3, 0.4) is 0 Å². The van der Waals surface area contributed by atoms with Gasteiger partial charge in [0.25, 0.3) is 0 Å². The highest BCUT2D eigenvalue weighted by Crippen LogP contribution is 2.05. The van der Waals surface area contributed by atoms with Crippen LogP contribution in [0, 0.1) is 0 Å². The van der Waals surface area contributed by atoms with Crippen LogP contribution in [0.5, 0.6) is 0 Å². The molecule has 0 bridgehead atoms. The number of hydrogen-bond donors (Lipinski definition) is 3. The van der Waals surface area contributed by atoms with Crippen molar-refractivity contribution in [2.45, 2.75) is 25.7 Å². The number of carboxylic acid groups (broad SMARTS) is 1. The Morgan fingerprint density at radius 2 is 1.88 bits per heavy atom. The summed E-state index contributed by atoms with van der Waals surface area (Å²) < 4.78 is 0. The van der Waals surface area contributed by atoms with Crippen molar-refractivity contribution < 1.29 is 19.9 Å². The van der Waals surface area contributed by atoms with Crippen molar-refractivity contribution in [1.82, 2.24) is 0 Å². The zero-order valence-electron chi connectivity index (χ0n) is 8.97. The first-order valence-electron chi connectivity index (χ1n) is 5.27. The minimum Gasteiger partial charge on any atom is -0.481 e. The second-order valence-electron chi connectivity index (χ2n) is 3.67. The molecule has 16 heavy (non-hydrogen) atoms. The lowest BCUT2D eigenvalue weighted by Crippen LogP contribution is -2.32. The zero-order chi connectivity index (χ0) is 12.0. The van der Waals surface area contributed by atoms with Gasteiger partial charge in [-0.3, -0.25) is 4.79 Å². The van der Waals surface area contributed by atoms with E-state index in [-0.39, 0.29) is 6.42 Å². The Kier molecular flexibility index (Phi) is 5.02. The van der Waals surface area contributed by atoms with E-state index in [9.17, 15) is 4.79 Å². The van der Waals surface area contributed by atoms with Gasteiger partial charge in [-0.05, 0) is 30.3 Å². The van der Waals surface area contributed by atoms with Gasteiger partial charge in [-0.25, -0.2) is 0 Å². The number of aryl methyl sites for hydroxylation is 1. The molecule has 4 nitrogen and oxygen atoms in total. The molecule has 0 amide bonds. The quantitative estimate of drug-likeness (QED) is 0.473. The van der Waals surface area contributed by atoms with E-state index in [1.165, 1.54) is 0 Å². The number of rotatable bonds is 6. The minimum atomic E-state index is -1.46. The molecular weight excluding hydrogens is 207 g/mol. The van der Waals surface area contributed by atoms with Crippen molar-refractivity contribution >= 4 is 18.6 Å². The van der Waals surface area contributed by atoms with Crippen LogP contribution in [0.2, 0.25) is 0 Å². The summed E-state index contributed by atoms with van der Waals surface area (Å²) in [5, 5.41) is 26.7. The number of hydrogen-bond acceptors (Lipinski definition) is 3. The second kappa shape index (κ2) is 6.30. The van der Waals surface area contributed by atoms with Gasteiger partial charge < -0.3 is 15.2 Å². The Labute approximate surface area is 94.7 Å². The van der Waals surface area contributed by atoms with Crippen LogP contribution in [0.1, 0.15) is 24.8 Å². The first-order chi connectivity index (χ1) is 7.61. The van der Waals surface area contributed by atoms with E-state index in [0.717, 1.165) is 12.0 Å². The standard InChI is InChI=1S/C11H15BO4/c13-11(14)8-4-2-6-9-5-1-3-7-10(9)12(15)16/h1,3,5,7,15-16H,2,4,6,8H2,(H,13,14). The van der Waals surface area contributed by atoms with Gasteiger partial charge in [0.2, 0.25) is 0 Å². The Morgan fingerprint density at radius 3 is 2.50 bits per heavy atom. The highest BCUT2D eigenvalue weighted by molar-refractivity contribution is 6.59. The van der Waals surface area contributed by atoms with Crippen LogP contribution in [0.25, 0.3) is 0 Å². The number of aliphatic carboxylic acids is 1. The maximum Gasteiger partial charge on any atom is 0.488 e. The molecule has 1 aromatic rings. The van der Waals surface area contributed by atoms with Crippen LogP contribution in [-0.2, 0) is 11.2 Å². The maximum absolute atomic E-state index is 10.3. The van der Waals surface area contributed by atoms with Gasteiger partial charge in [0.1, 0.15) is 0 Å². The molecule has 0 saturated heterocycles. The number of carboxylic acids is 1. The normalized spacial score (nSPS) is 10.1. The maximum atomic E-state index is 10.3.